The lowest BCUT2D eigenvalue weighted by atomic mass is 9.95. The lowest BCUT2D eigenvalue weighted by Crippen LogP contribution is -2.34. The second-order valence-electron chi connectivity index (χ2n) is 5.38. The van der Waals surface area contributed by atoms with Crippen molar-refractivity contribution in [3.8, 4) is 0 Å². The van der Waals surface area contributed by atoms with Crippen molar-refractivity contribution in [2.75, 3.05) is 5.43 Å². The van der Waals surface area contributed by atoms with Gasteiger partial charge in [0.15, 0.2) is 5.82 Å². The number of benzene rings is 1. The molecule has 2 amide bonds. The van der Waals surface area contributed by atoms with Gasteiger partial charge >= 0.3 is 6.09 Å². The number of amides is 2. The fourth-order valence-corrected chi connectivity index (χ4v) is 1.60. The maximum Gasteiger partial charge on any atom is 0.423 e. The molecule has 0 aliphatic carbocycles. The first-order valence-corrected chi connectivity index (χ1v) is 6.51. The average Bonchev–Trinajstić information content (AvgIpc) is 2.35. The summed E-state index contributed by atoms with van der Waals surface area (Å²) in [4.78, 5) is 22.2. The molecule has 0 aromatic heterocycles. The van der Waals surface area contributed by atoms with Crippen LogP contribution in [-0.4, -0.2) is 17.1 Å². The molecule has 0 aliphatic rings. The van der Waals surface area contributed by atoms with Gasteiger partial charge in [0.2, 0.25) is 5.91 Å². The highest BCUT2D eigenvalue weighted by molar-refractivity contribution is 6.33. The largest absolute Gasteiger partial charge is 0.464 e. The molecule has 1 aromatic carbocycles. The van der Waals surface area contributed by atoms with E-state index in [9.17, 15) is 14.0 Å². The van der Waals surface area contributed by atoms with Crippen molar-refractivity contribution in [2.24, 2.45) is 5.41 Å². The first kappa shape index (κ1) is 17.0. The summed E-state index contributed by atoms with van der Waals surface area (Å²) in [5.41, 5.74) is 3.39. The smallest absolute Gasteiger partial charge is 0.423 e. The van der Waals surface area contributed by atoms with Crippen molar-refractivity contribution < 1.29 is 19.1 Å². The van der Waals surface area contributed by atoms with Gasteiger partial charge in [-0.25, -0.2) is 14.6 Å². The van der Waals surface area contributed by atoms with E-state index in [0.29, 0.717) is 0 Å². The van der Waals surface area contributed by atoms with Crippen LogP contribution in [0.1, 0.15) is 26.3 Å². The van der Waals surface area contributed by atoms with Crippen LogP contribution in [0.2, 0.25) is 5.02 Å². The number of hydrazine groups is 1. The minimum atomic E-state index is -1.38. The molecular formula is C13H17ClFN3O3. The summed E-state index contributed by atoms with van der Waals surface area (Å²) in [6, 6.07) is 2.83. The first-order valence-electron chi connectivity index (χ1n) is 6.13. The Morgan fingerprint density at radius 3 is 2.48 bits per heavy atom. The Balaban J connectivity index is 2.87. The lowest BCUT2D eigenvalue weighted by molar-refractivity contribution is -0.128. The van der Waals surface area contributed by atoms with Crippen LogP contribution in [0.4, 0.5) is 14.9 Å². The fourth-order valence-electron chi connectivity index (χ4n) is 1.40. The molecule has 0 spiro atoms. The molecule has 6 nitrogen and oxygen atoms in total. The maximum atomic E-state index is 14.2. The fraction of sp³-hybridized carbons (Fsp3) is 0.385. The third kappa shape index (κ3) is 4.78. The molecular weight excluding hydrogens is 301 g/mol. The van der Waals surface area contributed by atoms with E-state index in [-0.39, 0.29) is 28.7 Å². The third-order valence-corrected chi connectivity index (χ3v) is 2.90. The maximum absolute atomic E-state index is 14.2. The number of carboxylic acid groups (broad SMARTS) is 1. The van der Waals surface area contributed by atoms with Gasteiger partial charge < -0.3 is 10.4 Å². The number of carbonyl (C=O) groups is 2. The van der Waals surface area contributed by atoms with Crippen LogP contribution in [0.3, 0.4) is 0 Å². The zero-order valence-electron chi connectivity index (χ0n) is 11.9. The molecule has 0 fully saturated rings. The predicted octanol–water partition coefficient (Wildman–Crippen LogP) is 2.74. The van der Waals surface area contributed by atoms with Crippen LogP contribution in [0, 0.1) is 11.2 Å². The second-order valence-corrected chi connectivity index (χ2v) is 5.79. The van der Waals surface area contributed by atoms with Crippen molar-refractivity contribution in [1.29, 1.82) is 0 Å². The minimum absolute atomic E-state index is 0.0205. The van der Waals surface area contributed by atoms with E-state index >= 15 is 0 Å². The number of hydrogen-bond donors (Lipinski definition) is 4. The van der Waals surface area contributed by atoms with Crippen LogP contribution in [-0.2, 0) is 11.3 Å². The molecule has 0 atom stereocenters. The van der Waals surface area contributed by atoms with E-state index in [1.54, 1.807) is 20.8 Å². The van der Waals surface area contributed by atoms with Gasteiger partial charge in [0.1, 0.15) is 5.69 Å². The zero-order valence-corrected chi connectivity index (χ0v) is 12.6. The van der Waals surface area contributed by atoms with Gasteiger partial charge in [0.05, 0.1) is 5.02 Å². The number of nitrogens with one attached hydrogen (secondary N) is 3. The van der Waals surface area contributed by atoms with Gasteiger partial charge in [0, 0.05) is 17.5 Å². The molecule has 4 N–H and O–H groups in total. The van der Waals surface area contributed by atoms with Gasteiger partial charge in [-0.15, -0.1) is 0 Å². The standard InChI is InChI=1S/C13H17ClFN3O3/c1-13(2,3)11(19)16-6-7-4-5-8(14)10(9(7)15)17-18-12(20)21/h4-5,17-18H,6H2,1-3H3,(H,16,19)(H,20,21). The summed E-state index contributed by atoms with van der Waals surface area (Å²) in [6.45, 7) is 5.19. The molecule has 0 radical (unpaired) electrons. The SMILES string of the molecule is CC(C)(C)C(=O)NCc1ccc(Cl)c(NNC(=O)O)c1F. The van der Waals surface area contributed by atoms with Crippen molar-refractivity contribution >= 4 is 29.3 Å². The molecule has 0 saturated carbocycles. The molecule has 1 rings (SSSR count). The number of halogens is 2. The van der Waals surface area contributed by atoms with Gasteiger partial charge in [-0.05, 0) is 6.07 Å². The highest BCUT2D eigenvalue weighted by Crippen LogP contribution is 2.27. The molecule has 21 heavy (non-hydrogen) atoms. The van der Waals surface area contributed by atoms with E-state index in [2.05, 4.69) is 10.7 Å². The van der Waals surface area contributed by atoms with Crippen molar-refractivity contribution in [3.05, 3.63) is 28.5 Å². The van der Waals surface area contributed by atoms with Gasteiger partial charge in [0.25, 0.3) is 0 Å². The van der Waals surface area contributed by atoms with Gasteiger partial charge in [-0.1, -0.05) is 38.4 Å². The quantitative estimate of drug-likeness (QED) is 0.643. The van der Waals surface area contributed by atoms with E-state index in [1.807, 2.05) is 5.43 Å². The minimum Gasteiger partial charge on any atom is -0.464 e. The topological polar surface area (TPSA) is 90.5 Å². The van der Waals surface area contributed by atoms with Crippen LogP contribution >= 0.6 is 11.6 Å². The summed E-state index contributed by atoms with van der Waals surface area (Å²) in [5, 5.41) is 11.1. The average molecular weight is 318 g/mol. The Morgan fingerprint density at radius 1 is 1.33 bits per heavy atom. The zero-order chi connectivity index (χ0) is 16.2. The molecule has 8 heteroatoms. The van der Waals surface area contributed by atoms with Crippen molar-refractivity contribution in [3.63, 3.8) is 0 Å². The van der Waals surface area contributed by atoms with Crippen LogP contribution in [0.25, 0.3) is 0 Å². The Kier molecular flexibility index (Phi) is 5.37. The molecule has 116 valence electrons. The monoisotopic (exact) mass is 317 g/mol. The molecule has 0 unspecified atom stereocenters. The molecule has 0 heterocycles. The third-order valence-electron chi connectivity index (χ3n) is 2.59. The van der Waals surface area contributed by atoms with Gasteiger partial charge in [-0.3, -0.25) is 10.2 Å². The highest BCUT2D eigenvalue weighted by atomic mass is 35.5. The van der Waals surface area contributed by atoms with E-state index in [4.69, 9.17) is 16.7 Å². The molecule has 1 aromatic rings. The predicted molar refractivity (Wildman–Crippen MR) is 77.5 cm³/mol. The first-order chi connectivity index (χ1) is 9.62. The molecule has 0 bridgehead atoms. The summed E-state index contributed by atoms with van der Waals surface area (Å²) in [7, 11) is 0. The summed E-state index contributed by atoms with van der Waals surface area (Å²) >= 11 is 5.80. The normalized spacial score (nSPS) is 10.9. The number of carbonyl (C=O) groups excluding carboxylic acids is 1. The number of anilines is 1. The summed E-state index contributed by atoms with van der Waals surface area (Å²) in [5.74, 6) is -0.958. The summed E-state index contributed by atoms with van der Waals surface area (Å²) < 4.78 is 14.2. The Labute approximate surface area is 126 Å². The van der Waals surface area contributed by atoms with E-state index in [0.717, 1.165) is 0 Å². The Morgan fingerprint density at radius 2 is 1.95 bits per heavy atom. The van der Waals surface area contributed by atoms with Crippen molar-refractivity contribution in [1.82, 2.24) is 10.7 Å². The Hall–Kier alpha value is -2.02. The summed E-state index contributed by atoms with van der Waals surface area (Å²) in [6.07, 6.45) is -1.38. The van der Waals surface area contributed by atoms with Crippen LogP contribution in [0.5, 0.6) is 0 Å². The molecule has 0 aliphatic heterocycles. The van der Waals surface area contributed by atoms with E-state index in [1.165, 1.54) is 12.1 Å². The van der Waals surface area contributed by atoms with E-state index < -0.39 is 17.3 Å². The van der Waals surface area contributed by atoms with Crippen molar-refractivity contribution in [2.45, 2.75) is 27.3 Å². The number of hydrogen-bond acceptors (Lipinski definition) is 3. The second kappa shape index (κ2) is 6.62. The molecule has 0 saturated heterocycles. The van der Waals surface area contributed by atoms with Gasteiger partial charge in [-0.2, -0.15) is 0 Å². The Bertz CT molecular complexity index is 558. The highest BCUT2D eigenvalue weighted by Gasteiger charge is 2.21. The van der Waals surface area contributed by atoms with Crippen LogP contribution < -0.4 is 16.2 Å². The lowest BCUT2D eigenvalue weighted by Gasteiger charge is -2.18. The number of rotatable bonds is 4. The van der Waals surface area contributed by atoms with Crippen LogP contribution in [0.15, 0.2) is 12.1 Å².